The molecule has 6 rings (SSSR count). The number of rotatable bonds is 6. The average molecular weight is 539 g/mol. The zero-order valence-electron chi connectivity index (χ0n) is 22.1. The maximum Gasteiger partial charge on any atom is 0.229 e. The number of carbonyl (C=O) groups excluding carboxylic acids is 1. The summed E-state index contributed by atoms with van der Waals surface area (Å²) in [5, 5.41) is 20.5. The normalized spacial score (nSPS) is 27.8. The zero-order valence-corrected chi connectivity index (χ0v) is 22.9. The van der Waals surface area contributed by atoms with Crippen molar-refractivity contribution in [1.29, 1.82) is 0 Å². The van der Waals surface area contributed by atoms with Gasteiger partial charge in [0.25, 0.3) is 0 Å². The van der Waals surface area contributed by atoms with Crippen LogP contribution in [0.3, 0.4) is 0 Å². The van der Waals surface area contributed by atoms with Gasteiger partial charge in [-0.25, -0.2) is 4.98 Å². The van der Waals surface area contributed by atoms with Gasteiger partial charge in [0.2, 0.25) is 5.91 Å². The minimum atomic E-state index is -0.470. The summed E-state index contributed by atoms with van der Waals surface area (Å²) >= 11 is 6.70. The third-order valence-electron chi connectivity index (χ3n) is 8.47. The number of aliphatic hydroxyl groups is 1. The van der Waals surface area contributed by atoms with Crippen LogP contribution in [0.15, 0.2) is 36.7 Å². The number of nitrogens with one attached hydrogen (secondary N) is 1. The van der Waals surface area contributed by atoms with Gasteiger partial charge >= 0.3 is 0 Å². The fraction of sp³-hybridized carbons (Fsp3) is 0.536. The number of aromatic nitrogens is 3. The molecule has 4 atom stereocenters. The Labute approximate surface area is 227 Å². The maximum atomic E-state index is 13.0. The number of fused-ring (bicyclic) bond motifs is 1. The van der Waals surface area contributed by atoms with Crippen molar-refractivity contribution < 1.29 is 14.6 Å². The molecule has 3 aromatic rings. The van der Waals surface area contributed by atoms with Gasteiger partial charge < -0.3 is 20.1 Å². The molecule has 2 N–H and O–H groups in total. The highest BCUT2D eigenvalue weighted by Gasteiger charge is 2.46. The van der Waals surface area contributed by atoms with Crippen LogP contribution in [0.2, 0.25) is 5.02 Å². The molecule has 1 aliphatic carbocycles. The molecule has 202 valence electrons. The van der Waals surface area contributed by atoms with Crippen molar-refractivity contribution in [2.45, 2.75) is 50.8 Å². The van der Waals surface area contributed by atoms with Gasteiger partial charge in [-0.1, -0.05) is 11.6 Å². The van der Waals surface area contributed by atoms with Gasteiger partial charge in [0.1, 0.15) is 5.82 Å². The van der Waals surface area contributed by atoms with Crippen LogP contribution in [-0.2, 0) is 9.53 Å². The van der Waals surface area contributed by atoms with Crippen molar-refractivity contribution in [2.75, 3.05) is 49.6 Å². The Bertz CT molecular complexity index is 1350. The number of halogens is 1. The molecule has 1 aromatic carbocycles. The first-order valence-corrected chi connectivity index (χ1v) is 13.8. The van der Waals surface area contributed by atoms with Crippen LogP contribution < -0.4 is 10.2 Å². The summed E-state index contributed by atoms with van der Waals surface area (Å²) in [7, 11) is 0. The molecular formula is C28H35ClN6O3. The average Bonchev–Trinajstić information content (AvgIpc) is 3.40. The predicted octanol–water partition coefficient (Wildman–Crippen LogP) is 3.68. The number of nitrogens with zero attached hydrogens (tertiary/aromatic N) is 5. The van der Waals surface area contributed by atoms with E-state index in [4.69, 9.17) is 16.3 Å². The minimum absolute atomic E-state index is 0.00441. The summed E-state index contributed by atoms with van der Waals surface area (Å²) in [5.74, 6) is 0.676. The second-order valence-corrected chi connectivity index (χ2v) is 11.7. The molecule has 2 unspecified atom stereocenters. The largest absolute Gasteiger partial charge is 0.389 e. The molecule has 4 heterocycles. The van der Waals surface area contributed by atoms with Crippen molar-refractivity contribution >= 4 is 39.8 Å². The molecule has 0 spiro atoms. The van der Waals surface area contributed by atoms with Crippen molar-refractivity contribution in [3.05, 3.63) is 47.4 Å². The van der Waals surface area contributed by atoms with Crippen LogP contribution in [0, 0.1) is 5.92 Å². The van der Waals surface area contributed by atoms with Crippen molar-refractivity contribution in [3.63, 3.8) is 0 Å². The topological polar surface area (TPSA) is 95.8 Å². The fourth-order valence-electron chi connectivity index (χ4n) is 5.96. The van der Waals surface area contributed by atoms with E-state index in [2.05, 4.69) is 52.0 Å². The van der Waals surface area contributed by atoms with Gasteiger partial charge in [-0.3, -0.25) is 14.4 Å². The SMILES string of the molecule is CC(C)n1nccc1C1CC1C(=O)Nc1cc2cc(N3CCN([C@]4(C)COC[C@@H]4O)CC3)c(Cl)cc2cn1. The molecule has 2 aliphatic heterocycles. The molecule has 10 heteroatoms. The van der Waals surface area contributed by atoms with Crippen molar-refractivity contribution in [2.24, 2.45) is 5.92 Å². The number of aliphatic hydroxyl groups excluding tert-OH is 1. The Morgan fingerprint density at radius 3 is 2.71 bits per heavy atom. The van der Waals surface area contributed by atoms with Gasteiger partial charge in [-0.15, -0.1) is 0 Å². The lowest BCUT2D eigenvalue weighted by Gasteiger charge is -2.45. The molecule has 0 radical (unpaired) electrons. The van der Waals surface area contributed by atoms with Crippen LogP contribution in [-0.4, -0.2) is 81.7 Å². The first kappa shape index (κ1) is 25.6. The molecule has 1 saturated carbocycles. The van der Waals surface area contributed by atoms with E-state index in [9.17, 15) is 9.90 Å². The maximum absolute atomic E-state index is 13.0. The lowest BCUT2D eigenvalue weighted by molar-refractivity contribution is -0.117. The van der Waals surface area contributed by atoms with E-state index < -0.39 is 6.10 Å². The Kier molecular flexibility index (Phi) is 6.58. The molecule has 1 amide bonds. The summed E-state index contributed by atoms with van der Waals surface area (Å²) < 4.78 is 7.54. The highest BCUT2D eigenvalue weighted by Crippen LogP contribution is 2.48. The standard InChI is InChI=1S/C28H35ClN6O3/c1-17(2)35-23(4-5-31-35)20-13-21(20)27(37)32-26-12-18-11-24(22(29)10-19(18)14-30-26)33-6-8-34(9-7-33)28(3)16-38-15-25(28)36/h4-5,10-12,14,17,20-21,25,36H,6-9,13,15-16H2,1-3H3,(H,30,32,37)/t20?,21?,25-,28+/m0/s1. The molecular weight excluding hydrogens is 504 g/mol. The number of carbonyl (C=O) groups is 1. The van der Waals surface area contributed by atoms with E-state index in [0.717, 1.165) is 54.8 Å². The minimum Gasteiger partial charge on any atom is -0.389 e. The molecule has 9 nitrogen and oxygen atoms in total. The number of hydrogen-bond acceptors (Lipinski definition) is 7. The summed E-state index contributed by atoms with van der Waals surface area (Å²) in [5.41, 5.74) is 1.75. The lowest BCUT2D eigenvalue weighted by atomic mass is 9.95. The van der Waals surface area contributed by atoms with Crippen LogP contribution in [0.5, 0.6) is 0 Å². The molecule has 3 fully saturated rings. The van der Waals surface area contributed by atoms with E-state index in [1.54, 1.807) is 6.20 Å². The Balaban J connectivity index is 1.14. The van der Waals surface area contributed by atoms with Gasteiger partial charge in [0.05, 0.1) is 35.6 Å². The first-order chi connectivity index (χ1) is 18.2. The molecule has 38 heavy (non-hydrogen) atoms. The van der Waals surface area contributed by atoms with Crippen LogP contribution in [0.4, 0.5) is 11.5 Å². The highest BCUT2D eigenvalue weighted by molar-refractivity contribution is 6.34. The van der Waals surface area contributed by atoms with Crippen molar-refractivity contribution in [1.82, 2.24) is 19.7 Å². The monoisotopic (exact) mass is 538 g/mol. The summed E-state index contributed by atoms with van der Waals surface area (Å²) in [6.07, 6.45) is 3.93. The second kappa shape index (κ2) is 9.79. The zero-order chi connectivity index (χ0) is 26.6. The van der Waals surface area contributed by atoms with Crippen LogP contribution in [0.25, 0.3) is 10.8 Å². The number of anilines is 2. The first-order valence-electron chi connectivity index (χ1n) is 13.4. The van der Waals surface area contributed by atoms with Crippen molar-refractivity contribution in [3.8, 4) is 0 Å². The summed E-state index contributed by atoms with van der Waals surface area (Å²) in [6, 6.07) is 8.23. The number of ether oxygens (including phenoxy) is 1. The Hall–Kier alpha value is -2.72. The molecule has 3 aliphatic rings. The van der Waals surface area contributed by atoms with E-state index in [-0.39, 0.29) is 29.3 Å². The number of amides is 1. The summed E-state index contributed by atoms with van der Waals surface area (Å²) in [6.45, 7) is 10.5. The molecule has 0 bridgehead atoms. The number of piperazine rings is 1. The number of hydrogen-bond donors (Lipinski definition) is 2. The lowest BCUT2D eigenvalue weighted by Crippen LogP contribution is -2.60. The van der Waals surface area contributed by atoms with Crippen LogP contribution >= 0.6 is 11.6 Å². The fourth-order valence-corrected chi connectivity index (χ4v) is 6.25. The Morgan fingerprint density at radius 1 is 1.21 bits per heavy atom. The van der Waals surface area contributed by atoms with Gasteiger partial charge in [-0.05, 0) is 56.8 Å². The van der Waals surface area contributed by atoms with Gasteiger partial charge in [-0.2, -0.15) is 5.10 Å². The molecule has 2 aromatic heterocycles. The predicted molar refractivity (Wildman–Crippen MR) is 148 cm³/mol. The van der Waals surface area contributed by atoms with E-state index in [0.29, 0.717) is 24.1 Å². The van der Waals surface area contributed by atoms with Gasteiger partial charge in [0, 0.05) is 67.5 Å². The quantitative estimate of drug-likeness (QED) is 0.494. The smallest absolute Gasteiger partial charge is 0.229 e. The second-order valence-electron chi connectivity index (χ2n) is 11.3. The Morgan fingerprint density at radius 2 is 2.00 bits per heavy atom. The third kappa shape index (κ3) is 4.55. The number of benzene rings is 1. The summed E-state index contributed by atoms with van der Waals surface area (Å²) in [4.78, 5) is 22.1. The number of pyridine rings is 1. The van der Waals surface area contributed by atoms with Crippen LogP contribution in [0.1, 0.15) is 44.8 Å². The highest BCUT2D eigenvalue weighted by atomic mass is 35.5. The molecule has 2 saturated heterocycles. The van der Waals surface area contributed by atoms with E-state index in [1.165, 1.54) is 0 Å². The van der Waals surface area contributed by atoms with Gasteiger partial charge in [0.15, 0.2) is 0 Å². The third-order valence-corrected chi connectivity index (χ3v) is 8.77. The van der Waals surface area contributed by atoms with E-state index >= 15 is 0 Å². The van der Waals surface area contributed by atoms with E-state index in [1.807, 2.05) is 29.1 Å².